The minimum atomic E-state index is -1.30. The van der Waals surface area contributed by atoms with E-state index >= 15 is 0 Å². The molecule has 0 aliphatic heterocycles. The fourth-order valence-corrected chi connectivity index (χ4v) is 0. The maximum absolute atomic E-state index is 11.9. The van der Waals surface area contributed by atoms with Crippen LogP contribution in [0.4, 0.5) is 4.32 Å². The Morgan fingerprint density at radius 1 is 2.80 bits per heavy atom. The van der Waals surface area contributed by atoms with E-state index in [1.807, 2.05) is 0 Å². The molecule has 1 atom stereocenters. The maximum Gasteiger partial charge on any atom is 0.334 e. The van der Waals surface area contributed by atoms with Crippen LogP contribution in [0.3, 0.4) is 0 Å². The molecular weight excluding hydrogens is 198 g/mol. The molecule has 0 bridgehead atoms. The first-order valence-electron chi connectivity index (χ1n) is 2.21. The highest BCUT2D eigenvalue weighted by Crippen LogP contribution is 2.22. The van der Waals surface area contributed by atoms with Gasteiger partial charge in [0.2, 0.25) is 0 Å². The van der Waals surface area contributed by atoms with Crippen molar-refractivity contribution in [3.8, 4) is 0 Å². The van der Waals surface area contributed by atoms with E-state index in [-0.39, 0.29) is 7.70 Å². The molecule has 0 N–H and O–H groups in total. The summed E-state index contributed by atoms with van der Waals surface area (Å²) in [4.78, 5) is 0. The van der Waals surface area contributed by atoms with Crippen LogP contribution in [-0.2, 0) is 0 Å². The zero-order valence-electron chi connectivity index (χ0n) is 4.49. The number of rotatable bonds is 2. The lowest BCUT2D eigenvalue weighted by atomic mass is 9.73. The Balaban J connectivity index is 3.14. The van der Waals surface area contributed by atoms with Crippen LogP contribution < -0.4 is 0 Å². The van der Waals surface area contributed by atoms with Gasteiger partial charge in [-0.15, -0.1) is 0 Å². The molecule has 0 radical (unpaired) electrons. The first-order valence-corrected chi connectivity index (χ1v) is 4.80. The normalized spacial score (nSPS) is 18.8. The van der Waals surface area contributed by atoms with E-state index in [1.54, 1.807) is 22.0 Å². The molecule has 0 aliphatic rings. The van der Waals surface area contributed by atoms with E-state index in [1.165, 1.54) is 0 Å². The highest BCUT2D eigenvalue weighted by atomic mass is 127. The van der Waals surface area contributed by atoms with Crippen molar-refractivity contribution >= 4 is 42.4 Å². The number of hydrogen-bond acceptors (Lipinski definition) is 0. The van der Waals surface area contributed by atoms with Gasteiger partial charge in [0, 0.05) is 0 Å². The lowest BCUT2D eigenvalue weighted by Crippen LogP contribution is -1.89. The second-order valence-electron chi connectivity index (χ2n) is 0.532. The van der Waals surface area contributed by atoms with Crippen LogP contribution in [0.2, 0.25) is 0 Å². The van der Waals surface area contributed by atoms with Gasteiger partial charge in [-0.1, -0.05) is 28.1 Å². The predicted molar refractivity (Wildman–Crippen MR) is 37.7 cm³/mol. The topological polar surface area (TPSA) is 0 Å². The van der Waals surface area contributed by atoms with Gasteiger partial charge < -0.3 is 4.32 Å². The van der Waals surface area contributed by atoms with E-state index in [0.717, 1.165) is 0 Å². The third-order valence-corrected chi connectivity index (χ3v) is 2.13. The second-order valence-corrected chi connectivity index (χ2v) is 2.96. The molecule has 0 amide bonds. The Hall–Kier alpha value is 1.22. The monoisotopic (exact) mass is 205 g/mol. The van der Waals surface area contributed by atoms with Gasteiger partial charge in [-0.25, -0.2) is 0 Å². The zero-order chi connectivity index (χ0) is 5.86. The van der Waals surface area contributed by atoms with E-state index in [4.69, 9.17) is 2.61 Å². The van der Waals surface area contributed by atoms with Crippen molar-refractivity contribution in [3.63, 3.8) is 0 Å². The molecule has 0 spiro atoms. The molecule has 0 fully saturated rings. The lowest BCUT2D eigenvalue weighted by molar-refractivity contribution is 0.886. The van der Waals surface area contributed by atoms with E-state index < -0.39 is 12.6 Å². The van der Waals surface area contributed by atoms with Crippen LogP contribution in [0.5, 0.6) is 0 Å². The average Bonchev–Trinajstić information content (AvgIpc) is 1.65. The Morgan fingerprint density at radius 3 is 3.40 bits per heavy atom. The first kappa shape index (κ1) is 3.25. The third-order valence-electron chi connectivity index (χ3n) is 0.106. The van der Waals surface area contributed by atoms with Crippen molar-refractivity contribution in [3.05, 3.63) is 0 Å². The molecule has 0 aromatic heterocycles. The molecule has 0 rings (SSSR count). The van der Waals surface area contributed by atoms with Crippen molar-refractivity contribution in [1.82, 2.24) is 0 Å². The highest BCUT2D eigenvalue weighted by molar-refractivity contribution is 14.2. The average molecular weight is 205 g/mol. The molecule has 0 saturated heterocycles. The van der Waals surface area contributed by atoms with Gasteiger partial charge in [0.25, 0.3) is 0 Å². The Kier molecular flexibility index (Phi) is 2.22. The van der Waals surface area contributed by atoms with E-state index in [2.05, 4.69) is 0 Å². The standard InChI is InChI=1S/B2FH3IP/c1-2(3)5-4/h5H,1H2/i1T,5D. The Bertz CT molecular complexity index is 53.0. The van der Waals surface area contributed by atoms with Gasteiger partial charge in [-0.3, -0.25) is 0 Å². The molecule has 0 heterocycles. The summed E-state index contributed by atoms with van der Waals surface area (Å²) in [7, 11) is -0.266. The maximum atomic E-state index is 11.9. The van der Waals surface area contributed by atoms with Crippen LogP contribution in [0.15, 0.2) is 0 Å². The predicted octanol–water partition coefficient (Wildman–Crippen LogP) is 0.602. The smallest absolute Gasteiger partial charge is 0.334 e. The van der Waals surface area contributed by atoms with Crippen molar-refractivity contribution in [2.24, 2.45) is 0 Å². The summed E-state index contributed by atoms with van der Waals surface area (Å²) in [5.41, 5.74) is 0. The van der Waals surface area contributed by atoms with Gasteiger partial charge in [0.05, 0.1) is 1.28 Å². The van der Waals surface area contributed by atoms with Gasteiger partial charge in [0.1, 0.15) is 7.70 Å². The molecule has 0 aliphatic carbocycles. The van der Waals surface area contributed by atoms with Gasteiger partial charge >= 0.3 is 6.60 Å². The number of halogens is 2. The Labute approximate surface area is 49.7 Å². The zero-order valence-corrected chi connectivity index (χ0v) is 5.54. The van der Waals surface area contributed by atoms with Crippen LogP contribution >= 0.6 is 28.1 Å². The van der Waals surface area contributed by atoms with Gasteiger partial charge in [0.15, 0.2) is 0 Å². The molecule has 5 heteroatoms. The second kappa shape index (κ2) is 3.41. The van der Waals surface area contributed by atoms with Crippen LogP contribution in [0.1, 0.15) is 0 Å². The molecule has 5 heavy (non-hydrogen) atoms. The van der Waals surface area contributed by atoms with Gasteiger partial charge in [-0.05, 0) is 1.34 Å². The van der Waals surface area contributed by atoms with Crippen molar-refractivity contribution in [2.75, 3.05) is 0 Å². The summed E-state index contributed by atoms with van der Waals surface area (Å²) in [6, 6.07) is -1.30. The molecule has 1 unspecified atom stereocenters. The molecular formula is H3B2FIP. The van der Waals surface area contributed by atoms with E-state index in [0.29, 0.717) is 0 Å². The SMILES string of the molecule is [2H]P(I)B(F)B[3H]. The summed E-state index contributed by atoms with van der Waals surface area (Å²) in [5, 5.41) is 0. The summed E-state index contributed by atoms with van der Waals surface area (Å²) in [6.07, 6.45) is 0. The molecule has 0 aromatic carbocycles. The minimum absolute atomic E-state index is 0.266. The van der Waals surface area contributed by atoms with E-state index in [9.17, 15) is 4.32 Å². The molecule has 0 nitrogen and oxygen atoms in total. The molecule has 28 valence electrons. The van der Waals surface area contributed by atoms with Crippen LogP contribution in [-0.4, -0.2) is 16.9 Å². The lowest BCUT2D eigenvalue weighted by Gasteiger charge is -1.77. The van der Waals surface area contributed by atoms with Crippen molar-refractivity contribution in [1.29, 1.82) is 2.61 Å². The summed E-state index contributed by atoms with van der Waals surface area (Å²) >= 11 is 1.70. The quantitative estimate of drug-likeness (QED) is 0.351. The largest absolute Gasteiger partial charge is 0.341 e. The van der Waals surface area contributed by atoms with Gasteiger partial charge in [-0.2, -0.15) is 0 Å². The van der Waals surface area contributed by atoms with Crippen LogP contribution in [0.25, 0.3) is 0 Å². The fraction of sp³-hybridized carbons (Fsp3) is 0. The van der Waals surface area contributed by atoms with Crippen LogP contribution in [0, 0.1) is 0 Å². The highest BCUT2D eigenvalue weighted by Gasteiger charge is 1.97. The molecule has 0 aromatic rings. The summed E-state index contributed by atoms with van der Waals surface area (Å²) in [6.45, 7) is -1.21. The number of hydrogen-bond donors (Lipinski definition) is 0. The van der Waals surface area contributed by atoms with Crippen molar-refractivity contribution in [2.45, 2.75) is 0 Å². The Morgan fingerprint density at radius 2 is 3.40 bits per heavy atom. The summed E-state index contributed by atoms with van der Waals surface area (Å²) < 4.78 is 25.1. The van der Waals surface area contributed by atoms with Crippen molar-refractivity contribution < 1.29 is 4.32 Å². The first-order chi connectivity index (χ1) is 3.18. The third kappa shape index (κ3) is 5.22. The summed E-state index contributed by atoms with van der Waals surface area (Å²) in [5.74, 6) is 0. The minimum Gasteiger partial charge on any atom is -0.341 e. The molecule has 0 saturated carbocycles. The fourth-order valence-electron chi connectivity index (χ4n) is 0.